The van der Waals surface area contributed by atoms with Crippen LogP contribution in [0, 0.1) is 0 Å². The number of fused-ring (bicyclic) bond motifs is 2. The van der Waals surface area contributed by atoms with Crippen molar-refractivity contribution in [3.63, 3.8) is 0 Å². The lowest BCUT2D eigenvalue weighted by Crippen LogP contribution is -2.46. The zero-order valence-electron chi connectivity index (χ0n) is 22.1. The molecule has 0 saturated carbocycles. The number of carbonyl (C=O) groups excluding carboxylic acids is 1. The number of aliphatic hydroxyl groups is 1. The van der Waals surface area contributed by atoms with Gasteiger partial charge in [-0.1, -0.05) is 29.4 Å². The van der Waals surface area contributed by atoms with Crippen LogP contribution >= 0.6 is 0 Å². The summed E-state index contributed by atoms with van der Waals surface area (Å²) in [4.78, 5) is 13.2. The summed E-state index contributed by atoms with van der Waals surface area (Å²) < 4.78 is 12.2. The molecular weight excluding hydrogens is 472 g/mol. The molecule has 2 heterocycles. The summed E-state index contributed by atoms with van der Waals surface area (Å²) in [6, 6.07) is 4.64. The number of phenolic OH excluding ortho intramolecular Hbond substituents is 3. The Hall–Kier alpha value is -3.45. The van der Waals surface area contributed by atoms with E-state index in [0.717, 1.165) is 18.4 Å². The van der Waals surface area contributed by atoms with Gasteiger partial charge in [-0.05, 0) is 59.9 Å². The standard InChI is InChI=1S/C30H36O7/c1-16(2)7-6-8-17(3)9-10-19-18(11-12-21(31)28(19)34)23-14-22(32)27-25(36-23)15-24-20(29(27)35)13-26(33)30(4,5)37-24/h7,9,11-12,15,23,26,31,33-35H,6,8,10,13-14H2,1-5H3/b17-9+. The maximum atomic E-state index is 13.2. The van der Waals surface area contributed by atoms with Crippen LogP contribution < -0.4 is 9.47 Å². The highest BCUT2D eigenvalue weighted by Crippen LogP contribution is 2.49. The van der Waals surface area contributed by atoms with Crippen molar-refractivity contribution in [1.29, 1.82) is 0 Å². The first-order valence-electron chi connectivity index (χ1n) is 12.7. The third-order valence-electron chi connectivity index (χ3n) is 7.21. The van der Waals surface area contributed by atoms with Crippen LogP contribution in [0.3, 0.4) is 0 Å². The average molecular weight is 509 g/mol. The minimum atomic E-state index is -0.864. The summed E-state index contributed by atoms with van der Waals surface area (Å²) in [5.41, 5.74) is 3.09. The predicted molar refractivity (Wildman–Crippen MR) is 141 cm³/mol. The van der Waals surface area contributed by atoms with E-state index < -0.39 is 17.8 Å². The molecule has 0 amide bonds. The first-order valence-corrected chi connectivity index (χ1v) is 12.7. The van der Waals surface area contributed by atoms with Crippen molar-refractivity contribution < 1.29 is 34.7 Å². The summed E-state index contributed by atoms with van der Waals surface area (Å²) in [5, 5.41) is 42.2. The minimum Gasteiger partial charge on any atom is -0.507 e. The summed E-state index contributed by atoms with van der Waals surface area (Å²) in [6.45, 7) is 9.66. The van der Waals surface area contributed by atoms with Crippen molar-refractivity contribution >= 4 is 5.78 Å². The number of ether oxygens (including phenoxy) is 2. The number of aromatic hydroxyl groups is 3. The van der Waals surface area contributed by atoms with Crippen LogP contribution in [-0.2, 0) is 12.8 Å². The summed E-state index contributed by atoms with van der Waals surface area (Å²) in [6.07, 6.45) is 4.90. The van der Waals surface area contributed by atoms with E-state index in [1.54, 1.807) is 26.0 Å². The third kappa shape index (κ3) is 5.32. The van der Waals surface area contributed by atoms with E-state index in [1.165, 1.54) is 11.6 Å². The Labute approximate surface area is 217 Å². The normalized spacial score (nSPS) is 20.4. The molecule has 198 valence electrons. The first-order chi connectivity index (χ1) is 17.4. The molecule has 2 aromatic rings. The monoisotopic (exact) mass is 508 g/mol. The van der Waals surface area contributed by atoms with E-state index in [9.17, 15) is 25.2 Å². The zero-order chi connectivity index (χ0) is 27.1. The Bertz CT molecular complexity index is 1280. The summed E-state index contributed by atoms with van der Waals surface area (Å²) >= 11 is 0. The maximum absolute atomic E-state index is 13.2. The number of aliphatic hydroxyl groups excluding tert-OH is 1. The molecule has 7 nitrogen and oxygen atoms in total. The SMILES string of the molecule is CC(C)=CCC/C(C)=C/Cc1c(C2CC(=O)c3c(cc4c(c3O)CC(O)C(C)(C)O4)O2)ccc(O)c1O. The Morgan fingerprint density at radius 1 is 1.05 bits per heavy atom. The van der Waals surface area contributed by atoms with Crippen LogP contribution in [0.1, 0.15) is 87.0 Å². The summed E-state index contributed by atoms with van der Waals surface area (Å²) in [7, 11) is 0. The number of rotatable bonds is 6. The number of carbonyl (C=O) groups is 1. The second-order valence-corrected chi connectivity index (χ2v) is 10.8. The van der Waals surface area contributed by atoms with Gasteiger partial charge in [0.25, 0.3) is 0 Å². The highest BCUT2D eigenvalue weighted by molar-refractivity contribution is 6.03. The fourth-order valence-electron chi connectivity index (χ4n) is 4.87. The van der Waals surface area contributed by atoms with Gasteiger partial charge < -0.3 is 29.9 Å². The van der Waals surface area contributed by atoms with Crippen molar-refractivity contribution in [3.05, 3.63) is 63.8 Å². The van der Waals surface area contributed by atoms with Crippen LogP contribution in [0.5, 0.6) is 28.7 Å². The molecule has 0 aliphatic carbocycles. The number of benzene rings is 2. The molecule has 2 unspecified atom stereocenters. The quantitative estimate of drug-likeness (QED) is 0.287. The highest BCUT2D eigenvalue weighted by atomic mass is 16.5. The molecule has 37 heavy (non-hydrogen) atoms. The van der Waals surface area contributed by atoms with Gasteiger partial charge in [0.1, 0.15) is 34.5 Å². The maximum Gasteiger partial charge on any atom is 0.174 e. The number of hydrogen-bond donors (Lipinski definition) is 4. The van der Waals surface area contributed by atoms with Gasteiger partial charge in [-0.3, -0.25) is 4.79 Å². The number of allylic oxidation sites excluding steroid dienone is 4. The largest absolute Gasteiger partial charge is 0.507 e. The minimum absolute atomic E-state index is 0.0469. The van der Waals surface area contributed by atoms with Gasteiger partial charge in [0.05, 0.1) is 12.5 Å². The molecule has 0 radical (unpaired) electrons. The average Bonchev–Trinajstić information content (AvgIpc) is 2.80. The molecule has 0 aromatic heterocycles. The van der Waals surface area contributed by atoms with Gasteiger partial charge in [-0.15, -0.1) is 0 Å². The number of Topliss-reactive ketones (excluding diaryl/α,β-unsaturated/α-hetero) is 1. The Balaban J connectivity index is 1.67. The van der Waals surface area contributed by atoms with Crippen molar-refractivity contribution in [3.8, 4) is 28.7 Å². The van der Waals surface area contributed by atoms with E-state index in [1.807, 2.05) is 13.0 Å². The van der Waals surface area contributed by atoms with E-state index in [2.05, 4.69) is 19.9 Å². The molecule has 2 aliphatic rings. The van der Waals surface area contributed by atoms with Gasteiger partial charge in [-0.25, -0.2) is 0 Å². The Morgan fingerprint density at radius 3 is 2.49 bits per heavy atom. The molecule has 2 aliphatic heterocycles. The van der Waals surface area contributed by atoms with E-state index >= 15 is 0 Å². The molecule has 4 rings (SSSR count). The fraction of sp³-hybridized carbons (Fsp3) is 0.433. The van der Waals surface area contributed by atoms with Gasteiger partial charge >= 0.3 is 0 Å². The molecule has 0 fully saturated rings. The van der Waals surface area contributed by atoms with Crippen LogP contribution in [0.15, 0.2) is 41.5 Å². The van der Waals surface area contributed by atoms with Gasteiger partial charge in [-0.2, -0.15) is 0 Å². The van der Waals surface area contributed by atoms with Crippen LogP contribution in [0.4, 0.5) is 0 Å². The Kier molecular flexibility index (Phi) is 7.29. The molecular formula is C30H36O7. The first kappa shape index (κ1) is 26.6. The summed E-state index contributed by atoms with van der Waals surface area (Å²) in [5.74, 6) is -0.453. The van der Waals surface area contributed by atoms with E-state index in [-0.39, 0.29) is 47.2 Å². The number of phenols is 3. The van der Waals surface area contributed by atoms with Crippen LogP contribution in [-0.4, -0.2) is 37.9 Å². The van der Waals surface area contributed by atoms with Gasteiger partial charge in [0.2, 0.25) is 0 Å². The lowest BCUT2D eigenvalue weighted by Gasteiger charge is -2.38. The van der Waals surface area contributed by atoms with Crippen molar-refractivity contribution in [1.82, 2.24) is 0 Å². The van der Waals surface area contributed by atoms with Crippen molar-refractivity contribution in [2.24, 2.45) is 0 Å². The fourth-order valence-corrected chi connectivity index (χ4v) is 4.87. The van der Waals surface area contributed by atoms with Crippen molar-refractivity contribution in [2.75, 3.05) is 0 Å². The van der Waals surface area contributed by atoms with E-state index in [0.29, 0.717) is 28.9 Å². The lowest BCUT2D eigenvalue weighted by molar-refractivity contribution is -0.0420. The lowest BCUT2D eigenvalue weighted by atomic mass is 9.86. The highest BCUT2D eigenvalue weighted by Gasteiger charge is 2.41. The molecule has 0 bridgehead atoms. The number of ketones is 1. The third-order valence-corrected chi connectivity index (χ3v) is 7.21. The Morgan fingerprint density at radius 2 is 1.78 bits per heavy atom. The molecule has 2 aromatic carbocycles. The topological polar surface area (TPSA) is 116 Å². The second-order valence-electron chi connectivity index (χ2n) is 10.8. The smallest absolute Gasteiger partial charge is 0.174 e. The van der Waals surface area contributed by atoms with Crippen LogP contribution in [0.25, 0.3) is 0 Å². The zero-order valence-corrected chi connectivity index (χ0v) is 22.1. The predicted octanol–water partition coefficient (Wildman–Crippen LogP) is 5.82. The second kappa shape index (κ2) is 10.1. The molecule has 7 heteroatoms. The molecule has 0 saturated heterocycles. The van der Waals surface area contributed by atoms with Gasteiger partial charge in [0, 0.05) is 29.2 Å². The molecule has 0 spiro atoms. The number of hydrogen-bond acceptors (Lipinski definition) is 7. The van der Waals surface area contributed by atoms with Gasteiger partial charge in [0.15, 0.2) is 17.3 Å². The van der Waals surface area contributed by atoms with Crippen molar-refractivity contribution in [2.45, 2.75) is 84.5 Å². The van der Waals surface area contributed by atoms with E-state index in [4.69, 9.17) is 9.47 Å². The molecule has 4 N–H and O–H groups in total. The van der Waals surface area contributed by atoms with Crippen LogP contribution in [0.2, 0.25) is 0 Å². The molecule has 2 atom stereocenters.